The first-order valence-electron chi connectivity index (χ1n) is 4.52. The molecule has 3 N–H and O–H groups in total. The Morgan fingerprint density at radius 2 is 1.87 bits per heavy atom. The molecule has 84 valence electrons. The van der Waals surface area contributed by atoms with E-state index in [0.29, 0.717) is 0 Å². The maximum absolute atomic E-state index is 13.4. The molecule has 1 aromatic rings. The van der Waals surface area contributed by atoms with Gasteiger partial charge in [0.25, 0.3) is 0 Å². The van der Waals surface area contributed by atoms with Crippen molar-refractivity contribution in [1.29, 1.82) is 0 Å². The Labute approximate surface area is 87.1 Å². The first-order chi connectivity index (χ1) is 6.99. The number of aliphatic hydroxyl groups is 1. The zero-order valence-corrected chi connectivity index (χ0v) is 8.67. The zero-order valence-electron chi connectivity index (χ0n) is 8.67. The largest absolute Gasteiger partial charge is 0.387 e. The fourth-order valence-corrected chi connectivity index (χ4v) is 1.45. The molecule has 0 aliphatic rings. The summed E-state index contributed by atoms with van der Waals surface area (Å²) < 4.78 is 26.8. The third kappa shape index (κ3) is 2.24. The number of benzene rings is 1. The molecule has 1 rings (SSSR count). The normalized spacial score (nSPS) is 12.7. The van der Waals surface area contributed by atoms with E-state index in [4.69, 9.17) is 5.73 Å². The van der Waals surface area contributed by atoms with E-state index in [1.54, 1.807) is 14.1 Å². The van der Waals surface area contributed by atoms with Crippen LogP contribution >= 0.6 is 0 Å². The summed E-state index contributed by atoms with van der Waals surface area (Å²) in [6.07, 6.45) is -1.20. The highest BCUT2D eigenvalue weighted by Gasteiger charge is 2.20. The van der Waals surface area contributed by atoms with E-state index >= 15 is 0 Å². The van der Waals surface area contributed by atoms with E-state index in [-0.39, 0.29) is 17.8 Å². The van der Waals surface area contributed by atoms with Crippen LogP contribution in [-0.2, 0) is 0 Å². The Morgan fingerprint density at radius 3 is 2.33 bits per heavy atom. The van der Waals surface area contributed by atoms with E-state index in [2.05, 4.69) is 0 Å². The number of anilines is 1. The van der Waals surface area contributed by atoms with Crippen LogP contribution in [0.5, 0.6) is 0 Å². The van der Waals surface area contributed by atoms with Crippen LogP contribution in [0, 0.1) is 11.6 Å². The first-order valence-corrected chi connectivity index (χ1v) is 4.52. The smallest absolute Gasteiger partial charge is 0.147 e. The lowest BCUT2D eigenvalue weighted by Gasteiger charge is -2.21. The van der Waals surface area contributed by atoms with Gasteiger partial charge in [0.15, 0.2) is 0 Å². The lowest BCUT2D eigenvalue weighted by atomic mass is 10.1. The Kier molecular flexibility index (Phi) is 3.60. The molecule has 0 amide bonds. The Balaban J connectivity index is 3.38. The van der Waals surface area contributed by atoms with Gasteiger partial charge in [-0.05, 0) is 12.1 Å². The van der Waals surface area contributed by atoms with Crippen LogP contribution in [0.2, 0.25) is 0 Å². The number of hydrogen-bond acceptors (Lipinski definition) is 3. The van der Waals surface area contributed by atoms with Gasteiger partial charge in [-0.2, -0.15) is 0 Å². The van der Waals surface area contributed by atoms with E-state index < -0.39 is 17.7 Å². The lowest BCUT2D eigenvalue weighted by molar-refractivity contribution is 0.182. The van der Waals surface area contributed by atoms with Gasteiger partial charge in [0, 0.05) is 26.2 Å². The molecule has 3 nitrogen and oxygen atoms in total. The number of aliphatic hydroxyl groups excluding tert-OH is 1. The highest BCUT2D eigenvalue weighted by molar-refractivity contribution is 5.55. The molecular formula is C10H14F2N2O. The van der Waals surface area contributed by atoms with Crippen LogP contribution in [0.15, 0.2) is 12.1 Å². The predicted molar refractivity (Wildman–Crippen MR) is 54.7 cm³/mol. The molecule has 5 heteroatoms. The molecule has 0 heterocycles. The van der Waals surface area contributed by atoms with Crippen molar-refractivity contribution in [3.05, 3.63) is 29.3 Å². The molecule has 0 saturated carbocycles. The van der Waals surface area contributed by atoms with E-state index in [0.717, 1.165) is 12.1 Å². The molecule has 0 aromatic heterocycles. The van der Waals surface area contributed by atoms with Gasteiger partial charge in [-0.15, -0.1) is 0 Å². The van der Waals surface area contributed by atoms with Crippen LogP contribution in [0.3, 0.4) is 0 Å². The molecule has 0 saturated heterocycles. The van der Waals surface area contributed by atoms with Gasteiger partial charge in [0.2, 0.25) is 0 Å². The van der Waals surface area contributed by atoms with Crippen LogP contribution in [0.4, 0.5) is 14.5 Å². The summed E-state index contributed by atoms with van der Waals surface area (Å²) in [4.78, 5) is 1.41. The monoisotopic (exact) mass is 216 g/mol. The molecule has 1 aromatic carbocycles. The number of nitrogens with zero attached hydrogens (tertiary/aromatic N) is 1. The summed E-state index contributed by atoms with van der Waals surface area (Å²) >= 11 is 0. The SMILES string of the molecule is CN(C)c1c(F)ccc(F)c1C(O)CN. The Morgan fingerprint density at radius 1 is 1.33 bits per heavy atom. The second kappa shape index (κ2) is 4.55. The van der Waals surface area contributed by atoms with Crippen molar-refractivity contribution in [2.75, 3.05) is 25.5 Å². The van der Waals surface area contributed by atoms with E-state index in [1.807, 2.05) is 0 Å². The fourth-order valence-electron chi connectivity index (χ4n) is 1.45. The van der Waals surface area contributed by atoms with Gasteiger partial charge in [0.1, 0.15) is 11.6 Å². The van der Waals surface area contributed by atoms with E-state index in [1.165, 1.54) is 4.90 Å². The average molecular weight is 216 g/mol. The second-order valence-electron chi connectivity index (χ2n) is 3.44. The van der Waals surface area contributed by atoms with Crippen molar-refractivity contribution >= 4 is 5.69 Å². The molecule has 0 aliphatic carbocycles. The van der Waals surface area contributed by atoms with Gasteiger partial charge >= 0.3 is 0 Å². The third-order valence-corrected chi connectivity index (χ3v) is 2.12. The van der Waals surface area contributed by atoms with Crippen LogP contribution < -0.4 is 10.6 Å². The van der Waals surface area contributed by atoms with Gasteiger partial charge in [-0.1, -0.05) is 0 Å². The fraction of sp³-hybridized carbons (Fsp3) is 0.400. The molecule has 0 radical (unpaired) electrons. The standard InChI is InChI=1S/C10H14F2N2O/c1-14(2)10-7(12)4-3-6(11)9(10)8(15)5-13/h3-4,8,15H,5,13H2,1-2H3. The molecule has 15 heavy (non-hydrogen) atoms. The minimum absolute atomic E-state index is 0.0351. The topological polar surface area (TPSA) is 49.5 Å². The lowest BCUT2D eigenvalue weighted by Crippen LogP contribution is -2.20. The zero-order chi connectivity index (χ0) is 11.6. The highest BCUT2D eigenvalue weighted by Crippen LogP contribution is 2.30. The summed E-state index contributed by atoms with van der Waals surface area (Å²) in [5.41, 5.74) is 5.17. The van der Waals surface area contributed by atoms with Gasteiger partial charge in [-0.25, -0.2) is 8.78 Å². The number of halogens is 2. The van der Waals surface area contributed by atoms with Crippen molar-refractivity contribution in [3.8, 4) is 0 Å². The van der Waals surface area contributed by atoms with Gasteiger partial charge < -0.3 is 15.7 Å². The Bertz CT molecular complexity index is 356. The van der Waals surface area contributed by atoms with E-state index in [9.17, 15) is 13.9 Å². The van der Waals surface area contributed by atoms with Gasteiger partial charge in [0.05, 0.1) is 11.8 Å². The van der Waals surface area contributed by atoms with Crippen molar-refractivity contribution in [1.82, 2.24) is 0 Å². The summed E-state index contributed by atoms with van der Waals surface area (Å²) in [6.45, 7) is -0.152. The quantitative estimate of drug-likeness (QED) is 0.793. The first kappa shape index (κ1) is 11.9. The average Bonchev–Trinajstić information content (AvgIpc) is 2.19. The summed E-state index contributed by atoms with van der Waals surface area (Å²) in [7, 11) is 3.15. The minimum atomic E-state index is -1.20. The maximum Gasteiger partial charge on any atom is 0.147 e. The predicted octanol–water partition coefficient (Wildman–Crippen LogP) is 1.02. The van der Waals surface area contributed by atoms with Gasteiger partial charge in [-0.3, -0.25) is 0 Å². The maximum atomic E-state index is 13.4. The number of rotatable bonds is 3. The summed E-state index contributed by atoms with van der Waals surface area (Å²) in [6, 6.07) is 2.01. The molecule has 0 fully saturated rings. The molecule has 0 spiro atoms. The third-order valence-electron chi connectivity index (χ3n) is 2.12. The van der Waals surface area contributed by atoms with Crippen molar-refractivity contribution < 1.29 is 13.9 Å². The van der Waals surface area contributed by atoms with Crippen molar-refractivity contribution in [3.63, 3.8) is 0 Å². The highest BCUT2D eigenvalue weighted by atomic mass is 19.1. The minimum Gasteiger partial charge on any atom is -0.387 e. The van der Waals surface area contributed by atoms with Crippen molar-refractivity contribution in [2.45, 2.75) is 6.10 Å². The number of nitrogens with two attached hydrogens (primary N) is 1. The molecule has 0 bridgehead atoms. The molecule has 1 unspecified atom stereocenters. The number of hydrogen-bond donors (Lipinski definition) is 2. The summed E-state index contributed by atoms with van der Waals surface area (Å²) in [5, 5.41) is 9.51. The molecule has 0 aliphatic heterocycles. The van der Waals surface area contributed by atoms with Crippen LogP contribution in [0.25, 0.3) is 0 Å². The van der Waals surface area contributed by atoms with Crippen molar-refractivity contribution in [2.24, 2.45) is 5.73 Å². The second-order valence-corrected chi connectivity index (χ2v) is 3.44. The summed E-state index contributed by atoms with van der Waals surface area (Å²) in [5.74, 6) is -1.23. The Hall–Kier alpha value is -1.20. The van der Waals surface area contributed by atoms with Crippen LogP contribution in [0.1, 0.15) is 11.7 Å². The van der Waals surface area contributed by atoms with Crippen LogP contribution in [-0.4, -0.2) is 25.7 Å². The molecule has 1 atom stereocenters. The molecular weight excluding hydrogens is 202 g/mol.